The first kappa shape index (κ1) is 11.5. The summed E-state index contributed by atoms with van der Waals surface area (Å²) in [6.07, 6.45) is 3.92. The molecule has 0 aliphatic heterocycles. The molecule has 15 heavy (non-hydrogen) atoms. The van der Waals surface area contributed by atoms with Crippen molar-refractivity contribution in [2.75, 3.05) is 0 Å². The fraction of sp³-hybridized carbons (Fsp3) is 0.308. The molecule has 0 unspecified atom stereocenters. The van der Waals surface area contributed by atoms with Gasteiger partial charge in [0.2, 0.25) is 5.56 Å². The summed E-state index contributed by atoms with van der Waals surface area (Å²) in [5.74, 6) is 0.518. The Kier molecular flexibility index (Phi) is 3.67. The lowest BCUT2D eigenvalue weighted by Gasteiger charge is -2.01. The van der Waals surface area contributed by atoms with Crippen LogP contribution in [0.15, 0.2) is 28.6 Å². The Morgan fingerprint density at radius 2 is 2.13 bits per heavy atom. The van der Waals surface area contributed by atoms with Crippen molar-refractivity contribution in [3.63, 3.8) is 0 Å². The van der Waals surface area contributed by atoms with Crippen molar-refractivity contribution in [3.05, 3.63) is 44.7 Å². The molecule has 2 heteroatoms. The molecule has 0 atom stereocenters. The van der Waals surface area contributed by atoms with Crippen molar-refractivity contribution in [1.29, 1.82) is 0 Å². The summed E-state index contributed by atoms with van der Waals surface area (Å²) < 4.78 is 0. The standard InChI is InChI=1S/C13H17NO/c1-9(2)10(3)5-7-12-11(4)6-8-13(15)14-12/h5-9H,4H2,1-3H3,(H,14,15)/b10-5+,12-7+. The molecule has 0 saturated heterocycles. The van der Waals surface area contributed by atoms with Gasteiger partial charge in [0.1, 0.15) is 0 Å². The maximum atomic E-state index is 11.1. The number of aromatic amines is 1. The Morgan fingerprint density at radius 3 is 2.73 bits per heavy atom. The molecule has 0 radical (unpaired) electrons. The van der Waals surface area contributed by atoms with E-state index < -0.39 is 0 Å². The van der Waals surface area contributed by atoms with Gasteiger partial charge in [-0.25, -0.2) is 0 Å². The Balaban J connectivity index is 3.23. The van der Waals surface area contributed by atoms with Crippen LogP contribution in [0.25, 0.3) is 12.7 Å². The van der Waals surface area contributed by atoms with Crippen LogP contribution in [0.1, 0.15) is 20.8 Å². The van der Waals surface area contributed by atoms with Gasteiger partial charge in [0, 0.05) is 11.4 Å². The first-order valence-corrected chi connectivity index (χ1v) is 5.07. The minimum Gasteiger partial charge on any atom is -0.322 e. The van der Waals surface area contributed by atoms with Gasteiger partial charge < -0.3 is 4.98 Å². The van der Waals surface area contributed by atoms with Gasteiger partial charge in [-0.05, 0) is 30.2 Å². The van der Waals surface area contributed by atoms with E-state index in [1.807, 2.05) is 12.2 Å². The number of pyridine rings is 1. The van der Waals surface area contributed by atoms with Gasteiger partial charge in [-0.1, -0.05) is 32.1 Å². The molecule has 1 aromatic heterocycles. The van der Waals surface area contributed by atoms with Crippen LogP contribution in [-0.4, -0.2) is 4.98 Å². The third-order valence-corrected chi connectivity index (χ3v) is 2.46. The molecular weight excluding hydrogens is 186 g/mol. The fourth-order valence-electron chi connectivity index (χ4n) is 1.08. The second-order valence-corrected chi connectivity index (χ2v) is 3.99. The smallest absolute Gasteiger partial charge is 0.248 e. The summed E-state index contributed by atoms with van der Waals surface area (Å²) in [7, 11) is 0. The second kappa shape index (κ2) is 4.78. The van der Waals surface area contributed by atoms with Crippen molar-refractivity contribution in [2.45, 2.75) is 20.8 Å². The summed E-state index contributed by atoms with van der Waals surface area (Å²) in [6, 6.07) is 3.21. The zero-order chi connectivity index (χ0) is 11.4. The second-order valence-electron chi connectivity index (χ2n) is 3.99. The van der Waals surface area contributed by atoms with Gasteiger partial charge in [-0.15, -0.1) is 0 Å². The van der Waals surface area contributed by atoms with Crippen molar-refractivity contribution in [2.24, 2.45) is 5.92 Å². The minimum absolute atomic E-state index is 0.0933. The molecule has 0 aliphatic carbocycles. The third kappa shape index (κ3) is 3.24. The number of H-pyrrole nitrogens is 1. The van der Waals surface area contributed by atoms with Crippen LogP contribution >= 0.6 is 0 Å². The summed E-state index contributed by atoms with van der Waals surface area (Å²) in [4.78, 5) is 13.8. The highest BCUT2D eigenvalue weighted by Gasteiger charge is 1.93. The maximum absolute atomic E-state index is 11.1. The van der Waals surface area contributed by atoms with E-state index in [0.29, 0.717) is 5.92 Å². The van der Waals surface area contributed by atoms with Crippen LogP contribution in [-0.2, 0) is 0 Å². The van der Waals surface area contributed by atoms with Crippen molar-refractivity contribution >= 4 is 12.7 Å². The molecule has 1 aromatic rings. The monoisotopic (exact) mass is 203 g/mol. The summed E-state index contributed by atoms with van der Waals surface area (Å²) in [6.45, 7) is 10.2. The third-order valence-electron chi connectivity index (χ3n) is 2.46. The number of hydrogen-bond donors (Lipinski definition) is 1. The lowest BCUT2D eigenvalue weighted by atomic mass is 10.1. The van der Waals surface area contributed by atoms with Gasteiger partial charge in [0.05, 0.1) is 0 Å². The van der Waals surface area contributed by atoms with E-state index in [1.165, 1.54) is 11.6 Å². The van der Waals surface area contributed by atoms with E-state index in [1.54, 1.807) is 6.07 Å². The fourth-order valence-corrected chi connectivity index (χ4v) is 1.08. The molecule has 2 nitrogen and oxygen atoms in total. The molecule has 0 fully saturated rings. The lowest BCUT2D eigenvalue weighted by molar-refractivity contribution is 0.770. The van der Waals surface area contributed by atoms with E-state index in [9.17, 15) is 4.79 Å². The summed E-state index contributed by atoms with van der Waals surface area (Å²) in [5.41, 5.74) is 1.18. The Morgan fingerprint density at radius 1 is 1.47 bits per heavy atom. The number of hydrogen-bond acceptors (Lipinski definition) is 1. The Bertz CT molecular complexity index is 520. The van der Waals surface area contributed by atoms with E-state index in [4.69, 9.17) is 0 Å². The van der Waals surface area contributed by atoms with Gasteiger partial charge in [-0.3, -0.25) is 4.79 Å². The van der Waals surface area contributed by atoms with E-state index in [2.05, 4.69) is 32.3 Å². The molecule has 0 amide bonds. The zero-order valence-electron chi connectivity index (χ0n) is 9.50. The molecule has 80 valence electrons. The quantitative estimate of drug-likeness (QED) is 0.769. The van der Waals surface area contributed by atoms with Crippen LogP contribution in [0, 0.1) is 5.92 Å². The molecule has 0 aromatic carbocycles. The molecule has 1 heterocycles. The van der Waals surface area contributed by atoms with E-state index in [-0.39, 0.29) is 5.56 Å². The van der Waals surface area contributed by atoms with Crippen LogP contribution in [0.5, 0.6) is 0 Å². The molecule has 0 spiro atoms. The largest absolute Gasteiger partial charge is 0.322 e. The predicted molar refractivity (Wildman–Crippen MR) is 64.9 cm³/mol. The predicted octanol–water partition coefficient (Wildman–Crippen LogP) is 1.17. The van der Waals surface area contributed by atoms with E-state index >= 15 is 0 Å². The van der Waals surface area contributed by atoms with Crippen molar-refractivity contribution < 1.29 is 0 Å². The maximum Gasteiger partial charge on any atom is 0.248 e. The average molecular weight is 203 g/mol. The lowest BCUT2D eigenvalue weighted by Crippen LogP contribution is -2.32. The highest BCUT2D eigenvalue weighted by molar-refractivity contribution is 5.37. The normalized spacial score (nSPS) is 13.6. The zero-order valence-corrected chi connectivity index (χ0v) is 9.50. The summed E-state index contributed by atoms with van der Waals surface area (Å²) in [5, 5.41) is 1.62. The SMILES string of the molecule is C=c1ccc(=O)[nH]/c1=C/C=C(\C)C(C)C. The van der Waals surface area contributed by atoms with E-state index in [0.717, 1.165) is 10.6 Å². The van der Waals surface area contributed by atoms with Gasteiger partial charge in [0.25, 0.3) is 0 Å². The molecule has 0 saturated carbocycles. The Labute approximate surface area is 89.7 Å². The minimum atomic E-state index is -0.0933. The molecule has 0 bridgehead atoms. The molecule has 1 rings (SSSR count). The number of allylic oxidation sites excluding steroid dienone is 2. The number of nitrogens with one attached hydrogen (secondary N) is 1. The van der Waals surface area contributed by atoms with Crippen molar-refractivity contribution in [1.82, 2.24) is 4.98 Å². The first-order chi connectivity index (χ1) is 7.00. The number of rotatable bonds is 2. The highest BCUT2D eigenvalue weighted by Crippen LogP contribution is 2.06. The number of aromatic nitrogens is 1. The molecular formula is C13H17NO. The highest BCUT2D eigenvalue weighted by atomic mass is 16.1. The molecule has 1 N–H and O–H groups in total. The van der Waals surface area contributed by atoms with Crippen LogP contribution in [0.3, 0.4) is 0 Å². The topological polar surface area (TPSA) is 32.9 Å². The van der Waals surface area contributed by atoms with Gasteiger partial charge >= 0.3 is 0 Å². The van der Waals surface area contributed by atoms with Gasteiger partial charge in [0.15, 0.2) is 0 Å². The first-order valence-electron chi connectivity index (χ1n) is 5.07. The molecule has 0 aliphatic rings. The Hall–Kier alpha value is -1.57. The van der Waals surface area contributed by atoms with Crippen LogP contribution in [0.4, 0.5) is 0 Å². The summed E-state index contributed by atoms with van der Waals surface area (Å²) >= 11 is 0. The average Bonchev–Trinajstić information content (AvgIpc) is 2.18. The van der Waals surface area contributed by atoms with Gasteiger partial charge in [-0.2, -0.15) is 0 Å². The van der Waals surface area contributed by atoms with Crippen LogP contribution in [0.2, 0.25) is 0 Å². The van der Waals surface area contributed by atoms with Crippen molar-refractivity contribution in [3.8, 4) is 0 Å². The van der Waals surface area contributed by atoms with Crippen LogP contribution < -0.4 is 16.1 Å².